The molecule has 1 atom stereocenters. The first-order chi connectivity index (χ1) is 8.45. The third-order valence-electron chi connectivity index (χ3n) is 3.08. The van der Waals surface area contributed by atoms with Crippen LogP contribution in [0.1, 0.15) is 13.3 Å². The predicted molar refractivity (Wildman–Crippen MR) is 71.3 cm³/mol. The van der Waals surface area contributed by atoms with Crippen LogP contribution in [-0.4, -0.2) is 37.8 Å². The van der Waals surface area contributed by atoms with Gasteiger partial charge in [0.2, 0.25) is 10.0 Å². The first-order valence-electron chi connectivity index (χ1n) is 5.78. The van der Waals surface area contributed by atoms with Gasteiger partial charge in [0.1, 0.15) is 10.7 Å². The molecule has 18 heavy (non-hydrogen) atoms. The number of nitrogens with zero attached hydrogens (tertiary/aromatic N) is 2. The summed E-state index contributed by atoms with van der Waals surface area (Å²) in [5.74, 6) is 0.880. The number of nitrogens with one attached hydrogen (secondary N) is 1. The van der Waals surface area contributed by atoms with Crippen molar-refractivity contribution in [1.29, 1.82) is 0 Å². The normalized spacial score (nSPS) is 21.2. The summed E-state index contributed by atoms with van der Waals surface area (Å²) in [6.07, 6.45) is 2.24. The predicted octanol–water partition coefficient (Wildman–Crippen LogP) is 1.81. The lowest BCUT2D eigenvalue weighted by Crippen LogP contribution is -2.28. The summed E-state index contributed by atoms with van der Waals surface area (Å²) in [5, 5.41) is 3.11. The van der Waals surface area contributed by atoms with Crippen molar-refractivity contribution in [2.45, 2.75) is 18.2 Å². The summed E-state index contributed by atoms with van der Waals surface area (Å²) in [6, 6.07) is 1.44. The molecule has 100 valence electrons. The van der Waals surface area contributed by atoms with Crippen molar-refractivity contribution in [3.8, 4) is 0 Å². The first kappa shape index (κ1) is 13.6. The molecule has 0 bridgehead atoms. The Bertz CT molecular complexity index is 547. The molecule has 0 aromatic carbocycles. The van der Waals surface area contributed by atoms with Crippen molar-refractivity contribution in [3.05, 3.63) is 17.3 Å². The number of anilines is 1. The second-order valence-corrected chi connectivity index (χ2v) is 6.85. The van der Waals surface area contributed by atoms with Gasteiger partial charge in [0.25, 0.3) is 0 Å². The molecule has 1 aromatic rings. The Kier molecular flexibility index (Phi) is 3.79. The first-order valence-corrected chi connectivity index (χ1v) is 7.60. The van der Waals surface area contributed by atoms with Crippen molar-refractivity contribution < 1.29 is 8.42 Å². The highest BCUT2D eigenvalue weighted by Gasteiger charge is 2.31. The summed E-state index contributed by atoms with van der Waals surface area (Å²) >= 11 is 5.96. The van der Waals surface area contributed by atoms with Gasteiger partial charge in [-0.25, -0.2) is 13.4 Å². The van der Waals surface area contributed by atoms with Crippen LogP contribution in [0.25, 0.3) is 0 Å². The second kappa shape index (κ2) is 5.03. The fraction of sp³-hybridized carbons (Fsp3) is 0.545. The molecule has 2 heterocycles. The van der Waals surface area contributed by atoms with Crippen LogP contribution in [-0.2, 0) is 10.0 Å². The van der Waals surface area contributed by atoms with Gasteiger partial charge < -0.3 is 5.32 Å². The molecule has 5 nitrogen and oxygen atoms in total. The lowest BCUT2D eigenvalue weighted by atomic mass is 10.2. The number of sulfonamides is 1. The number of pyridine rings is 1. The Morgan fingerprint density at radius 3 is 2.78 bits per heavy atom. The van der Waals surface area contributed by atoms with E-state index in [1.165, 1.54) is 16.6 Å². The van der Waals surface area contributed by atoms with Gasteiger partial charge in [-0.2, -0.15) is 4.31 Å². The lowest BCUT2D eigenvalue weighted by molar-refractivity contribution is 0.464. The van der Waals surface area contributed by atoms with E-state index >= 15 is 0 Å². The van der Waals surface area contributed by atoms with Crippen molar-refractivity contribution in [1.82, 2.24) is 9.29 Å². The molecule has 1 saturated heterocycles. The maximum absolute atomic E-state index is 12.3. The Hall–Kier alpha value is -0.850. The number of halogens is 1. The quantitative estimate of drug-likeness (QED) is 0.922. The highest BCUT2D eigenvalue weighted by Crippen LogP contribution is 2.27. The van der Waals surface area contributed by atoms with E-state index in [4.69, 9.17) is 11.6 Å². The maximum Gasteiger partial charge on any atom is 0.244 e. The SMILES string of the molecule is CNc1ncc(S(=O)(=O)N2CCC(C)C2)cc1Cl. The zero-order chi connectivity index (χ0) is 13.3. The number of hydrogen-bond acceptors (Lipinski definition) is 4. The summed E-state index contributed by atoms with van der Waals surface area (Å²) in [7, 11) is -1.78. The fourth-order valence-corrected chi connectivity index (χ4v) is 3.88. The molecule has 7 heteroatoms. The van der Waals surface area contributed by atoms with Crippen LogP contribution < -0.4 is 5.32 Å². The van der Waals surface area contributed by atoms with Gasteiger partial charge in [-0.1, -0.05) is 18.5 Å². The molecule has 1 aliphatic rings. The van der Waals surface area contributed by atoms with Crippen LogP contribution >= 0.6 is 11.6 Å². The van der Waals surface area contributed by atoms with Crippen molar-refractivity contribution in [3.63, 3.8) is 0 Å². The van der Waals surface area contributed by atoms with Gasteiger partial charge >= 0.3 is 0 Å². The maximum atomic E-state index is 12.3. The van der Waals surface area contributed by atoms with Gasteiger partial charge in [-0.3, -0.25) is 0 Å². The minimum absolute atomic E-state index is 0.153. The van der Waals surface area contributed by atoms with E-state index in [0.29, 0.717) is 29.8 Å². The van der Waals surface area contributed by atoms with Crippen molar-refractivity contribution in [2.75, 3.05) is 25.5 Å². The molecule has 1 fully saturated rings. The Morgan fingerprint density at radius 2 is 2.28 bits per heavy atom. The van der Waals surface area contributed by atoms with E-state index in [0.717, 1.165) is 6.42 Å². The van der Waals surface area contributed by atoms with Gasteiger partial charge in [-0.15, -0.1) is 0 Å². The van der Waals surface area contributed by atoms with Crippen LogP contribution in [0.4, 0.5) is 5.82 Å². The van der Waals surface area contributed by atoms with Gasteiger partial charge in [0.05, 0.1) is 5.02 Å². The average Bonchev–Trinajstić information content (AvgIpc) is 2.76. The zero-order valence-corrected chi connectivity index (χ0v) is 11.9. The van der Waals surface area contributed by atoms with E-state index < -0.39 is 10.0 Å². The molecule has 0 saturated carbocycles. The summed E-state index contributed by atoms with van der Waals surface area (Å²) in [6.45, 7) is 3.17. The fourth-order valence-electron chi connectivity index (χ4n) is 2.01. The smallest absolute Gasteiger partial charge is 0.244 e. The molecule has 0 radical (unpaired) electrons. The molecule has 1 aliphatic heterocycles. The van der Waals surface area contributed by atoms with Crippen LogP contribution in [0, 0.1) is 5.92 Å². The molecule has 0 amide bonds. The van der Waals surface area contributed by atoms with E-state index in [2.05, 4.69) is 10.3 Å². The van der Waals surface area contributed by atoms with E-state index in [1.807, 2.05) is 6.92 Å². The summed E-state index contributed by atoms with van der Waals surface area (Å²) < 4.78 is 26.2. The van der Waals surface area contributed by atoms with Gasteiger partial charge in [0.15, 0.2) is 0 Å². The van der Waals surface area contributed by atoms with E-state index in [9.17, 15) is 8.42 Å². The molecular formula is C11H16ClN3O2S. The molecule has 1 N–H and O–H groups in total. The Labute approximate surface area is 112 Å². The molecule has 2 rings (SSSR count). The van der Waals surface area contributed by atoms with Crippen molar-refractivity contribution >= 4 is 27.4 Å². The van der Waals surface area contributed by atoms with E-state index in [-0.39, 0.29) is 4.90 Å². The average molecular weight is 290 g/mol. The summed E-state index contributed by atoms with van der Waals surface area (Å²) in [4.78, 5) is 4.16. The number of rotatable bonds is 3. The largest absolute Gasteiger partial charge is 0.372 e. The number of aromatic nitrogens is 1. The number of hydrogen-bond donors (Lipinski definition) is 1. The Morgan fingerprint density at radius 1 is 1.56 bits per heavy atom. The monoisotopic (exact) mass is 289 g/mol. The third kappa shape index (κ3) is 2.46. The van der Waals surface area contributed by atoms with Gasteiger partial charge in [-0.05, 0) is 18.4 Å². The third-order valence-corrected chi connectivity index (χ3v) is 5.20. The van der Waals surface area contributed by atoms with Crippen LogP contribution in [0.3, 0.4) is 0 Å². The zero-order valence-electron chi connectivity index (χ0n) is 10.4. The Balaban J connectivity index is 2.33. The van der Waals surface area contributed by atoms with Gasteiger partial charge in [0, 0.05) is 26.3 Å². The lowest BCUT2D eigenvalue weighted by Gasteiger charge is -2.16. The van der Waals surface area contributed by atoms with Crippen molar-refractivity contribution in [2.24, 2.45) is 5.92 Å². The van der Waals surface area contributed by atoms with Crippen LogP contribution in [0.2, 0.25) is 5.02 Å². The van der Waals surface area contributed by atoms with Crippen LogP contribution in [0.5, 0.6) is 0 Å². The standard InChI is InChI=1S/C11H16ClN3O2S/c1-8-3-4-15(7-8)18(16,17)9-5-10(12)11(13-2)14-6-9/h5-6,8H,3-4,7H2,1-2H3,(H,13,14). The highest BCUT2D eigenvalue weighted by molar-refractivity contribution is 7.89. The van der Waals surface area contributed by atoms with Crippen LogP contribution in [0.15, 0.2) is 17.2 Å². The highest BCUT2D eigenvalue weighted by atomic mass is 35.5. The molecule has 1 aromatic heterocycles. The molecule has 1 unspecified atom stereocenters. The topological polar surface area (TPSA) is 62.3 Å². The molecule has 0 spiro atoms. The molecular weight excluding hydrogens is 274 g/mol. The minimum Gasteiger partial charge on any atom is -0.372 e. The second-order valence-electron chi connectivity index (χ2n) is 4.51. The molecule has 0 aliphatic carbocycles. The summed E-state index contributed by atoms with van der Waals surface area (Å²) in [5.41, 5.74) is 0. The minimum atomic E-state index is -3.46. The van der Waals surface area contributed by atoms with E-state index in [1.54, 1.807) is 7.05 Å².